The molecule has 23 heavy (non-hydrogen) atoms. The minimum absolute atomic E-state index is 0.0788. The number of methoxy groups -OCH3 is 1. The van der Waals surface area contributed by atoms with E-state index in [0.29, 0.717) is 10.1 Å². The summed E-state index contributed by atoms with van der Waals surface area (Å²) in [6, 6.07) is 13.7. The highest BCUT2D eigenvalue weighted by Gasteiger charge is 2.14. The van der Waals surface area contributed by atoms with Gasteiger partial charge in [-0.05, 0) is 36.4 Å². The van der Waals surface area contributed by atoms with Crippen LogP contribution in [0.3, 0.4) is 0 Å². The Hall–Kier alpha value is -2.93. The molecule has 6 nitrogen and oxygen atoms in total. The molecule has 0 atom stereocenters. The Kier molecular flexibility index (Phi) is 4.20. The van der Waals surface area contributed by atoms with E-state index in [9.17, 15) is 9.90 Å². The first-order chi connectivity index (χ1) is 11.2. The van der Waals surface area contributed by atoms with E-state index < -0.39 is 5.91 Å². The molecule has 3 rings (SSSR count). The third-order valence-corrected chi connectivity index (χ3v) is 4.02. The van der Waals surface area contributed by atoms with Crippen LogP contribution < -0.4 is 10.1 Å². The first-order valence-corrected chi connectivity index (χ1v) is 7.56. The number of nitrogens with one attached hydrogen (secondary N) is 1. The highest BCUT2D eigenvalue weighted by Crippen LogP contribution is 2.28. The van der Waals surface area contributed by atoms with Crippen LogP contribution in [-0.2, 0) is 0 Å². The summed E-state index contributed by atoms with van der Waals surface area (Å²) in [4.78, 5) is 12.1. The number of rotatable bonds is 4. The SMILES string of the molecule is COc1ccc(-c2nnc(NC(=O)c3ccccc3O)s2)cc1. The molecule has 0 fully saturated rings. The molecular formula is C16H13N3O3S. The number of carbonyl (C=O) groups excluding carboxylic acids is 1. The molecule has 0 aliphatic heterocycles. The number of carbonyl (C=O) groups is 1. The summed E-state index contributed by atoms with van der Waals surface area (Å²) in [7, 11) is 1.60. The van der Waals surface area contributed by atoms with Crippen molar-refractivity contribution in [1.82, 2.24) is 10.2 Å². The predicted octanol–water partition coefficient (Wildman–Crippen LogP) is 3.17. The molecule has 1 aromatic heterocycles. The van der Waals surface area contributed by atoms with Gasteiger partial charge >= 0.3 is 0 Å². The molecule has 0 radical (unpaired) electrons. The van der Waals surface area contributed by atoms with Gasteiger partial charge in [0.1, 0.15) is 16.5 Å². The first-order valence-electron chi connectivity index (χ1n) is 6.74. The predicted molar refractivity (Wildman–Crippen MR) is 88.0 cm³/mol. The van der Waals surface area contributed by atoms with Crippen LogP contribution >= 0.6 is 11.3 Å². The van der Waals surface area contributed by atoms with E-state index >= 15 is 0 Å². The molecule has 2 aromatic carbocycles. The Morgan fingerprint density at radius 2 is 1.87 bits per heavy atom. The van der Waals surface area contributed by atoms with Crippen molar-refractivity contribution in [2.24, 2.45) is 0 Å². The normalized spacial score (nSPS) is 10.3. The van der Waals surface area contributed by atoms with Crippen LogP contribution in [0.5, 0.6) is 11.5 Å². The lowest BCUT2D eigenvalue weighted by Gasteiger charge is -2.02. The molecule has 116 valence electrons. The highest BCUT2D eigenvalue weighted by atomic mass is 32.1. The van der Waals surface area contributed by atoms with Crippen LogP contribution in [0.1, 0.15) is 10.4 Å². The van der Waals surface area contributed by atoms with E-state index in [0.717, 1.165) is 11.3 Å². The van der Waals surface area contributed by atoms with Gasteiger partial charge in [-0.3, -0.25) is 10.1 Å². The van der Waals surface area contributed by atoms with Gasteiger partial charge in [0.15, 0.2) is 0 Å². The minimum Gasteiger partial charge on any atom is -0.507 e. The molecule has 3 aromatic rings. The Balaban J connectivity index is 1.76. The molecule has 0 aliphatic rings. The Morgan fingerprint density at radius 3 is 2.57 bits per heavy atom. The molecule has 2 N–H and O–H groups in total. The van der Waals surface area contributed by atoms with Gasteiger partial charge in [-0.15, -0.1) is 10.2 Å². The quantitative estimate of drug-likeness (QED) is 0.769. The molecule has 0 unspecified atom stereocenters. The van der Waals surface area contributed by atoms with Gasteiger partial charge in [0, 0.05) is 5.56 Å². The smallest absolute Gasteiger partial charge is 0.261 e. The van der Waals surface area contributed by atoms with E-state index in [1.165, 1.54) is 23.5 Å². The van der Waals surface area contributed by atoms with Crippen LogP contribution in [0.4, 0.5) is 5.13 Å². The van der Waals surface area contributed by atoms with Crippen LogP contribution in [0, 0.1) is 0 Å². The summed E-state index contributed by atoms with van der Waals surface area (Å²) >= 11 is 1.25. The van der Waals surface area contributed by atoms with Crippen LogP contribution in [0.15, 0.2) is 48.5 Å². The molecule has 0 saturated carbocycles. The summed E-state index contributed by atoms with van der Waals surface area (Å²) in [6.45, 7) is 0. The van der Waals surface area contributed by atoms with Crippen molar-refractivity contribution >= 4 is 22.4 Å². The summed E-state index contributed by atoms with van der Waals surface area (Å²) < 4.78 is 5.11. The number of nitrogens with zero attached hydrogens (tertiary/aromatic N) is 2. The number of phenols is 1. The maximum absolute atomic E-state index is 12.1. The third kappa shape index (κ3) is 3.29. The second kappa shape index (κ2) is 6.45. The number of phenolic OH excluding ortho intramolecular Hbond substituents is 1. The number of amides is 1. The lowest BCUT2D eigenvalue weighted by Crippen LogP contribution is -2.11. The number of anilines is 1. The van der Waals surface area contributed by atoms with E-state index in [2.05, 4.69) is 15.5 Å². The lowest BCUT2D eigenvalue weighted by atomic mass is 10.2. The maximum Gasteiger partial charge on any atom is 0.261 e. The van der Waals surface area contributed by atoms with Crippen molar-refractivity contribution in [3.8, 4) is 22.1 Å². The maximum atomic E-state index is 12.1. The largest absolute Gasteiger partial charge is 0.507 e. The number of benzene rings is 2. The van der Waals surface area contributed by atoms with Gasteiger partial charge in [-0.2, -0.15) is 0 Å². The molecule has 0 aliphatic carbocycles. The molecule has 0 bridgehead atoms. The van der Waals surface area contributed by atoms with Gasteiger partial charge in [0.2, 0.25) is 5.13 Å². The van der Waals surface area contributed by atoms with Gasteiger partial charge in [0.05, 0.1) is 12.7 Å². The standard InChI is InChI=1S/C16H13N3O3S/c1-22-11-8-6-10(7-9-11)15-18-19-16(23-15)17-14(21)12-4-2-3-5-13(12)20/h2-9,20H,1H3,(H,17,19,21). The fourth-order valence-electron chi connectivity index (χ4n) is 1.95. The van der Waals surface area contributed by atoms with Crippen LogP contribution in [0.25, 0.3) is 10.6 Å². The fourth-order valence-corrected chi connectivity index (χ4v) is 2.70. The highest BCUT2D eigenvalue weighted by molar-refractivity contribution is 7.18. The number of aromatic nitrogens is 2. The van der Waals surface area contributed by atoms with Crippen molar-refractivity contribution < 1.29 is 14.6 Å². The summed E-state index contributed by atoms with van der Waals surface area (Å²) in [6.07, 6.45) is 0. The zero-order chi connectivity index (χ0) is 16.2. The van der Waals surface area contributed by atoms with E-state index in [1.807, 2.05) is 24.3 Å². The van der Waals surface area contributed by atoms with Gasteiger partial charge in [-0.25, -0.2) is 0 Å². The first kappa shape index (κ1) is 15.0. The molecular weight excluding hydrogens is 314 g/mol. The Labute approximate surface area is 136 Å². The third-order valence-electron chi connectivity index (χ3n) is 3.13. The van der Waals surface area contributed by atoms with E-state index in [-0.39, 0.29) is 11.3 Å². The Bertz CT molecular complexity index is 831. The number of para-hydroxylation sites is 1. The average Bonchev–Trinajstić information content (AvgIpc) is 3.03. The van der Waals surface area contributed by atoms with Crippen LogP contribution in [0.2, 0.25) is 0 Å². The lowest BCUT2D eigenvalue weighted by molar-refractivity contribution is 0.102. The molecule has 0 spiro atoms. The summed E-state index contributed by atoms with van der Waals surface area (Å²) in [5.74, 6) is 0.247. The molecule has 1 heterocycles. The van der Waals surface area contributed by atoms with Crippen molar-refractivity contribution in [1.29, 1.82) is 0 Å². The number of ether oxygens (including phenoxy) is 1. The molecule has 1 amide bonds. The van der Waals surface area contributed by atoms with Crippen molar-refractivity contribution in [2.45, 2.75) is 0 Å². The summed E-state index contributed by atoms with van der Waals surface area (Å²) in [5, 5.41) is 21.4. The second-order valence-corrected chi connectivity index (χ2v) is 5.59. The van der Waals surface area contributed by atoms with Gasteiger partial charge in [0.25, 0.3) is 5.91 Å². The average molecular weight is 327 g/mol. The van der Waals surface area contributed by atoms with Crippen molar-refractivity contribution in [3.63, 3.8) is 0 Å². The van der Waals surface area contributed by atoms with Crippen molar-refractivity contribution in [2.75, 3.05) is 12.4 Å². The van der Waals surface area contributed by atoms with Gasteiger partial charge < -0.3 is 9.84 Å². The second-order valence-electron chi connectivity index (χ2n) is 4.61. The fraction of sp³-hybridized carbons (Fsp3) is 0.0625. The van der Waals surface area contributed by atoms with Crippen LogP contribution in [-0.4, -0.2) is 28.3 Å². The minimum atomic E-state index is -0.430. The zero-order valence-corrected chi connectivity index (χ0v) is 13.0. The zero-order valence-electron chi connectivity index (χ0n) is 12.2. The van der Waals surface area contributed by atoms with E-state index in [4.69, 9.17) is 4.74 Å². The Morgan fingerprint density at radius 1 is 1.13 bits per heavy atom. The van der Waals surface area contributed by atoms with Gasteiger partial charge in [-0.1, -0.05) is 23.5 Å². The monoisotopic (exact) mass is 327 g/mol. The van der Waals surface area contributed by atoms with Crippen molar-refractivity contribution in [3.05, 3.63) is 54.1 Å². The number of hydrogen-bond donors (Lipinski definition) is 2. The topological polar surface area (TPSA) is 84.3 Å². The molecule has 7 heteroatoms. The number of aromatic hydroxyl groups is 1. The summed E-state index contributed by atoms with van der Waals surface area (Å²) in [5.41, 5.74) is 1.07. The molecule has 0 saturated heterocycles. The number of hydrogen-bond acceptors (Lipinski definition) is 6. The van der Waals surface area contributed by atoms with E-state index in [1.54, 1.807) is 19.2 Å².